The molecule has 0 saturated carbocycles. The molecule has 1 unspecified atom stereocenters. The van der Waals surface area contributed by atoms with Gasteiger partial charge in [-0.15, -0.1) is 0 Å². The van der Waals surface area contributed by atoms with Gasteiger partial charge in [-0.3, -0.25) is 0 Å². The van der Waals surface area contributed by atoms with Gasteiger partial charge in [0.15, 0.2) is 8.07 Å². The van der Waals surface area contributed by atoms with Crippen molar-refractivity contribution in [2.75, 3.05) is 0 Å². The van der Waals surface area contributed by atoms with E-state index in [2.05, 4.69) is 88.4 Å². The lowest BCUT2D eigenvalue weighted by Crippen LogP contribution is -2.73. The van der Waals surface area contributed by atoms with Crippen LogP contribution in [0.15, 0.2) is 223 Å². The summed E-state index contributed by atoms with van der Waals surface area (Å²) in [6, 6.07) is 60.7. The van der Waals surface area contributed by atoms with Crippen LogP contribution in [0.5, 0.6) is 0 Å². The van der Waals surface area contributed by atoms with Crippen LogP contribution < -0.4 is 15.6 Å². The minimum atomic E-state index is -3.70. The SMILES string of the molecule is CC1=CC(C)([Si](c2cc(Cc3ccc(F)cc3)cc(Cc3ccc(F)cc3)c2)(c2cc(Cc3ccc(F)cc3)cc(Cc3ccc(F)cc3)c2)c2cc(Cc3ccc(F)cc3)cc(Cc3ccc(F)cc3)c2)C(C)=C1C. The maximum Gasteiger partial charge on any atom is 0.161 e. The van der Waals surface area contributed by atoms with Crippen LogP contribution in [0.25, 0.3) is 0 Å². The van der Waals surface area contributed by atoms with Crippen LogP contribution in [-0.4, -0.2) is 8.07 Å². The average Bonchev–Trinajstić information content (AvgIpc) is 3.73. The van der Waals surface area contributed by atoms with Gasteiger partial charge >= 0.3 is 0 Å². The van der Waals surface area contributed by atoms with Crippen LogP contribution in [0, 0.1) is 34.9 Å². The zero-order valence-corrected chi connectivity index (χ0v) is 44.1. The lowest BCUT2D eigenvalue weighted by molar-refractivity contribution is 0.626. The molecule has 0 amide bonds. The first kappa shape index (κ1) is 51.7. The summed E-state index contributed by atoms with van der Waals surface area (Å²) in [5.74, 6) is -1.90. The van der Waals surface area contributed by atoms with Crippen LogP contribution in [0.2, 0.25) is 5.04 Å². The van der Waals surface area contributed by atoms with Crippen molar-refractivity contribution >= 4 is 23.6 Å². The molecule has 380 valence electrons. The van der Waals surface area contributed by atoms with E-state index < -0.39 is 13.1 Å². The van der Waals surface area contributed by atoms with Crippen molar-refractivity contribution in [1.29, 1.82) is 0 Å². The number of rotatable bonds is 16. The molecule has 7 heteroatoms. The van der Waals surface area contributed by atoms with Crippen molar-refractivity contribution in [2.24, 2.45) is 0 Å². The fourth-order valence-corrected chi connectivity index (χ4v) is 18.1. The summed E-state index contributed by atoms with van der Waals surface area (Å²) >= 11 is 0. The second kappa shape index (κ2) is 21.8. The fraction of sp³-hybridized carbons (Fsp3) is 0.159. The van der Waals surface area contributed by atoms with Gasteiger partial charge in [-0.25, -0.2) is 26.3 Å². The van der Waals surface area contributed by atoms with Gasteiger partial charge in [-0.05, 0) is 220 Å². The molecule has 9 aromatic rings. The van der Waals surface area contributed by atoms with Gasteiger partial charge in [-0.1, -0.05) is 152 Å². The Kier molecular flexibility index (Phi) is 14.9. The van der Waals surface area contributed by atoms with Crippen LogP contribution in [0.1, 0.15) is 94.5 Å². The van der Waals surface area contributed by atoms with Crippen LogP contribution in [-0.2, 0) is 38.5 Å². The standard InChI is InChI=1S/C69H58F6Si/c1-45-44-69(4,47(3)46(45)2)76(66-38-54(29-48-5-17-60(70)18-6-48)35-55(39-66)30-49-7-19-61(71)20-8-49,67-40-56(31-50-9-21-62(72)22-10-50)36-57(41-67)32-51-11-23-63(73)24-12-51)68-42-58(33-52-13-25-64(74)26-14-52)37-59(43-68)34-53-15-27-65(75)28-16-53/h5-28,35-44H,29-34H2,1-4H3. The molecule has 0 bridgehead atoms. The molecule has 0 aromatic heterocycles. The second-order valence-electron chi connectivity index (χ2n) is 21.0. The van der Waals surface area contributed by atoms with Gasteiger partial charge < -0.3 is 0 Å². The largest absolute Gasteiger partial charge is 0.207 e. The summed E-state index contributed by atoms with van der Waals surface area (Å²) in [6.07, 6.45) is 5.52. The Labute approximate surface area is 443 Å². The third-order valence-corrected chi connectivity index (χ3v) is 21.1. The molecule has 0 radical (unpaired) electrons. The minimum Gasteiger partial charge on any atom is -0.207 e. The number of allylic oxidation sites excluding steroid dienone is 4. The molecule has 0 nitrogen and oxygen atoms in total. The molecule has 0 fully saturated rings. The zero-order chi connectivity index (χ0) is 53.1. The van der Waals surface area contributed by atoms with E-state index in [-0.39, 0.29) is 34.9 Å². The predicted octanol–water partition coefficient (Wildman–Crippen LogP) is 15.6. The van der Waals surface area contributed by atoms with E-state index in [0.717, 1.165) is 82.3 Å². The highest BCUT2D eigenvalue weighted by Crippen LogP contribution is 2.53. The minimum absolute atomic E-state index is 0.316. The first-order chi connectivity index (χ1) is 36.6. The number of hydrogen-bond acceptors (Lipinski definition) is 0. The number of benzene rings is 9. The van der Waals surface area contributed by atoms with Crippen LogP contribution >= 0.6 is 0 Å². The van der Waals surface area contributed by atoms with Crippen molar-refractivity contribution in [3.8, 4) is 0 Å². The van der Waals surface area contributed by atoms with Gasteiger partial charge in [0.25, 0.3) is 0 Å². The normalized spacial score (nSPS) is 14.6. The molecule has 1 aliphatic rings. The van der Waals surface area contributed by atoms with Gasteiger partial charge in [0.05, 0.1) is 0 Å². The van der Waals surface area contributed by atoms with E-state index in [1.165, 1.54) is 89.5 Å². The van der Waals surface area contributed by atoms with E-state index in [9.17, 15) is 26.3 Å². The Balaban J connectivity index is 1.33. The molecule has 0 saturated heterocycles. The van der Waals surface area contributed by atoms with Crippen molar-refractivity contribution in [3.05, 3.63) is 325 Å². The predicted molar refractivity (Wildman–Crippen MR) is 300 cm³/mol. The molecule has 10 rings (SSSR count). The van der Waals surface area contributed by atoms with E-state index in [1.54, 1.807) is 0 Å². The summed E-state index contributed by atoms with van der Waals surface area (Å²) in [6.45, 7) is 9.03. The highest BCUT2D eigenvalue weighted by molar-refractivity contribution is 7.14. The molecule has 0 spiro atoms. The summed E-state index contributed by atoms with van der Waals surface area (Å²) < 4.78 is 87.2. The Hall–Kier alpha value is -7.74. The molecule has 1 atom stereocenters. The van der Waals surface area contributed by atoms with Crippen LogP contribution in [0.4, 0.5) is 26.3 Å². The number of hydrogen-bond donors (Lipinski definition) is 0. The molecule has 0 heterocycles. The zero-order valence-electron chi connectivity index (χ0n) is 43.1. The third-order valence-electron chi connectivity index (χ3n) is 15.6. The summed E-state index contributed by atoms with van der Waals surface area (Å²) in [5.41, 5.74) is 15.4. The maximum absolute atomic E-state index is 14.5. The molecule has 1 aliphatic carbocycles. The highest BCUT2D eigenvalue weighted by Gasteiger charge is 2.56. The van der Waals surface area contributed by atoms with Gasteiger partial charge in [-0.2, -0.15) is 0 Å². The number of halogens is 6. The van der Waals surface area contributed by atoms with Crippen molar-refractivity contribution in [3.63, 3.8) is 0 Å². The molecular formula is C69H58F6Si. The van der Waals surface area contributed by atoms with Gasteiger partial charge in [0, 0.05) is 5.04 Å². The van der Waals surface area contributed by atoms with E-state index in [0.29, 0.717) is 38.5 Å². The van der Waals surface area contributed by atoms with E-state index >= 15 is 0 Å². The molecule has 9 aromatic carbocycles. The van der Waals surface area contributed by atoms with Crippen molar-refractivity contribution < 1.29 is 26.3 Å². The highest BCUT2D eigenvalue weighted by atomic mass is 28.3. The topological polar surface area (TPSA) is 0 Å². The maximum atomic E-state index is 14.5. The summed E-state index contributed by atoms with van der Waals surface area (Å²) in [5, 5.41) is 2.74. The Morgan fingerprint density at radius 1 is 0.289 bits per heavy atom. The van der Waals surface area contributed by atoms with Gasteiger partial charge in [0.1, 0.15) is 34.9 Å². The van der Waals surface area contributed by atoms with E-state index in [1.807, 2.05) is 72.8 Å². The Morgan fingerprint density at radius 3 is 0.658 bits per heavy atom. The quantitative estimate of drug-likeness (QED) is 0.0514. The summed E-state index contributed by atoms with van der Waals surface area (Å²) in [4.78, 5) is 0. The fourth-order valence-electron chi connectivity index (χ4n) is 11.7. The van der Waals surface area contributed by atoms with Crippen molar-refractivity contribution in [1.82, 2.24) is 0 Å². The van der Waals surface area contributed by atoms with E-state index in [4.69, 9.17) is 0 Å². The Bertz CT molecular complexity index is 3060. The monoisotopic (exact) mass is 1030 g/mol. The van der Waals surface area contributed by atoms with Crippen LogP contribution in [0.3, 0.4) is 0 Å². The lowest BCUT2D eigenvalue weighted by atomic mass is 9.98. The molecule has 0 aliphatic heterocycles. The third kappa shape index (κ3) is 11.3. The molecule has 76 heavy (non-hydrogen) atoms. The average molecular weight is 1030 g/mol. The van der Waals surface area contributed by atoms with Crippen molar-refractivity contribution in [2.45, 2.75) is 71.3 Å². The smallest absolute Gasteiger partial charge is 0.161 e. The lowest BCUT2D eigenvalue weighted by Gasteiger charge is -2.48. The molecular weight excluding hydrogens is 971 g/mol. The first-order valence-electron chi connectivity index (χ1n) is 25.8. The first-order valence-corrected chi connectivity index (χ1v) is 27.8. The second-order valence-corrected chi connectivity index (χ2v) is 25.2. The summed E-state index contributed by atoms with van der Waals surface area (Å²) in [7, 11) is -3.70. The van der Waals surface area contributed by atoms with Gasteiger partial charge in [0.2, 0.25) is 0 Å². The Morgan fingerprint density at radius 2 is 0.487 bits per heavy atom. The molecule has 0 N–H and O–H groups in total.